The molecule has 110 valence electrons. The number of amides is 1. The van der Waals surface area contributed by atoms with Gasteiger partial charge in [0.05, 0.1) is 0 Å². The smallest absolute Gasteiger partial charge is 0.270 e. The van der Waals surface area contributed by atoms with Crippen molar-refractivity contribution >= 4 is 11.7 Å². The summed E-state index contributed by atoms with van der Waals surface area (Å²) in [7, 11) is 1.80. The van der Waals surface area contributed by atoms with Crippen LogP contribution in [0.4, 0.5) is 0 Å². The predicted octanol–water partition coefficient (Wildman–Crippen LogP) is 1.43. The molecule has 0 radical (unpaired) electrons. The molecule has 1 fully saturated rings. The summed E-state index contributed by atoms with van der Waals surface area (Å²) in [5, 5.41) is 0. The number of hydrogen-bond donors (Lipinski definition) is 1. The molecule has 0 saturated carbocycles. The average Bonchev–Trinajstić information content (AvgIpc) is 2.80. The number of carbonyl (C=O) groups is 2. The van der Waals surface area contributed by atoms with Crippen molar-refractivity contribution in [2.24, 2.45) is 18.7 Å². The highest BCUT2D eigenvalue weighted by Gasteiger charge is 2.27. The highest BCUT2D eigenvalue weighted by atomic mass is 16.2. The molecule has 1 amide bonds. The van der Waals surface area contributed by atoms with Gasteiger partial charge in [0.1, 0.15) is 5.69 Å². The van der Waals surface area contributed by atoms with E-state index in [1.54, 1.807) is 23.9 Å². The second kappa shape index (κ2) is 5.79. The minimum Gasteiger partial charge on any atom is -0.346 e. The highest BCUT2D eigenvalue weighted by molar-refractivity contribution is 5.99. The van der Waals surface area contributed by atoms with Gasteiger partial charge in [-0.15, -0.1) is 0 Å². The van der Waals surface area contributed by atoms with Crippen LogP contribution in [0.25, 0.3) is 0 Å². The van der Waals surface area contributed by atoms with Crippen LogP contribution < -0.4 is 5.73 Å². The molecule has 0 aromatic carbocycles. The lowest BCUT2D eigenvalue weighted by Gasteiger charge is -2.34. The zero-order valence-corrected chi connectivity index (χ0v) is 12.4. The number of hydrogen-bond acceptors (Lipinski definition) is 3. The first-order chi connectivity index (χ1) is 9.40. The summed E-state index contributed by atoms with van der Waals surface area (Å²) in [5.41, 5.74) is 7.10. The molecule has 2 unspecified atom stereocenters. The minimum absolute atomic E-state index is 0.00894. The number of Topliss-reactive ketones (excluding diaryl/α,β-unsaturated/α-hetero) is 1. The van der Waals surface area contributed by atoms with Crippen LogP contribution in [0.2, 0.25) is 0 Å². The molecule has 0 spiro atoms. The summed E-state index contributed by atoms with van der Waals surface area (Å²) in [6, 6.07) is 1.78. The molecule has 5 nitrogen and oxygen atoms in total. The van der Waals surface area contributed by atoms with Gasteiger partial charge < -0.3 is 15.2 Å². The first kappa shape index (κ1) is 14.8. The Bertz CT molecular complexity index is 519. The van der Waals surface area contributed by atoms with Crippen molar-refractivity contribution in [1.29, 1.82) is 0 Å². The third-order valence-electron chi connectivity index (χ3n) is 4.12. The van der Waals surface area contributed by atoms with Crippen LogP contribution in [0.3, 0.4) is 0 Å². The summed E-state index contributed by atoms with van der Waals surface area (Å²) >= 11 is 0. The number of carbonyl (C=O) groups excluding carboxylic acids is 2. The van der Waals surface area contributed by atoms with Crippen molar-refractivity contribution in [1.82, 2.24) is 9.47 Å². The number of nitrogens with zero attached hydrogens (tertiary/aromatic N) is 2. The van der Waals surface area contributed by atoms with Crippen molar-refractivity contribution in [3.63, 3.8) is 0 Å². The molecule has 1 saturated heterocycles. The molecule has 1 aromatic rings. The Hall–Kier alpha value is -1.62. The number of nitrogens with two attached hydrogens (primary N) is 1. The van der Waals surface area contributed by atoms with Crippen LogP contribution in [-0.2, 0) is 7.05 Å². The Morgan fingerprint density at radius 1 is 1.45 bits per heavy atom. The van der Waals surface area contributed by atoms with Gasteiger partial charge in [0.15, 0.2) is 5.78 Å². The molecule has 2 N–H and O–H groups in total. The van der Waals surface area contributed by atoms with Gasteiger partial charge in [-0.1, -0.05) is 0 Å². The maximum Gasteiger partial charge on any atom is 0.270 e. The molecule has 2 rings (SSSR count). The van der Waals surface area contributed by atoms with Crippen molar-refractivity contribution in [3.8, 4) is 0 Å². The Morgan fingerprint density at radius 3 is 2.70 bits per heavy atom. The molecule has 1 aromatic heterocycles. The Balaban J connectivity index is 2.16. The standard InChI is InChI=1S/C15H23N3O2/c1-10(16)12-5-4-6-18(9-12)15(20)14-7-13(11(2)19)8-17(14)3/h7-8,10,12H,4-6,9,16H2,1-3H3. The maximum atomic E-state index is 12.6. The molecular formula is C15H23N3O2. The molecule has 2 heterocycles. The third-order valence-corrected chi connectivity index (χ3v) is 4.12. The van der Waals surface area contributed by atoms with Crippen LogP contribution in [0.1, 0.15) is 47.5 Å². The molecule has 20 heavy (non-hydrogen) atoms. The first-order valence-electron chi connectivity index (χ1n) is 7.12. The van der Waals surface area contributed by atoms with Gasteiger partial charge in [0, 0.05) is 37.9 Å². The SMILES string of the molecule is CC(=O)c1cc(C(=O)N2CCCC(C(C)N)C2)n(C)c1. The number of piperidine rings is 1. The van der Waals surface area contributed by atoms with Gasteiger partial charge in [-0.25, -0.2) is 0 Å². The van der Waals surface area contributed by atoms with Gasteiger partial charge in [0.2, 0.25) is 0 Å². The molecule has 0 bridgehead atoms. The van der Waals surface area contributed by atoms with Crippen molar-refractivity contribution in [3.05, 3.63) is 23.5 Å². The zero-order valence-electron chi connectivity index (χ0n) is 12.4. The molecular weight excluding hydrogens is 254 g/mol. The summed E-state index contributed by atoms with van der Waals surface area (Å²) in [6.45, 7) is 4.98. The largest absolute Gasteiger partial charge is 0.346 e. The van der Waals surface area contributed by atoms with Crippen LogP contribution in [-0.4, -0.2) is 40.3 Å². The van der Waals surface area contributed by atoms with E-state index in [0.29, 0.717) is 23.7 Å². The number of aryl methyl sites for hydroxylation is 1. The monoisotopic (exact) mass is 277 g/mol. The van der Waals surface area contributed by atoms with Crippen LogP contribution in [0.5, 0.6) is 0 Å². The lowest BCUT2D eigenvalue weighted by atomic mass is 9.92. The summed E-state index contributed by atoms with van der Waals surface area (Å²) in [4.78, 5) is 25.8. The molecule has 0 aliphatic carbocycles. The number of likely N-dealkylation sites (tertiary alicyclic amines) is 1. The van der Waals surface area contributed by atoms with E-state index in [1.165, 1.54) is 6.92 Å². The maximum absolute atomic E-state index is 12.6. The zero-order chi connectivity index (χ0) is 14.9. The Labute approximate surface area is 119 Å². The van der Waals surface area contributed by atoms with E-state index in [1.807, 2.05) is 11.8 Å². The minimum atomic E-state index is -0.0215. The molecule has 5 heteroatoms. The molecule has 1 aliphatic heterocycles. The normalized spacial score (nSPS) is 20.8. The third kappa shape index (κ3) is 2.93. The van der Waals surface area contributed by atoms with E-state index in [0.717, 1.165) is 19.4 Å². The second-order valence-electron chi connectivity index (χ2n) is 5.79. The van der Waals surface area contributed by atoms with Crippen LogP contribution >= 0.6 is 0 Å². The van der Waals surface area contributed by atoms with Crippen molar-refractivity contribution in [2.75, 3.05) is 13.1 Å². The molecule has 1 aliphatic rings. The highest BCUT2D eigenvalue weighted by Crippen LogP contribution is 2.21. The van der Waals surface area contributed by atoms with Crippen molar-refractivity contribution in [2.45, 2.75) is 32.7 Å². The molecule has 2 atom stereocenters. The first-order valence-corrected chi connectivity index (χ1v) is 7.12. The van der Waals surface area contributed by atoms with Gasteiger partial charge >= 0.3 is 0 Å². The van der Waals surface area contributed by atoms with E-state index in [4.69, 9.17) is 5.73 Å². The lowest BCUT2D eigenvalue weighted by molar-refractivity contribution is 0.0651. The van der Waals surface area contributed by atoms with E-state index in [-0.39, 0.29) is 17.7 Å². The van der Waals surface area contributed by atoms with Gasteiger partial charge in [-0.3, -0.25) is 9.59 Å². The van der Waals surface area contributed by atoms with Gasteiger partial charge in [-0.05, 0) is 38.7 Å². The number of ketones is 1. The van der Waals surface area contributed by atoms with E-state index in [9.17, 15) is 9.59 Å². The predicted molar refractivity (Wildman–Crippen MR) is 77.7 cm³/mol. The average molecular weight is 277 g/mol. The fourth-order valence-corrected chi connectivity index (χ4v) is 2.76. The summed E-state index contributed by atoms with van der Waals surface area (Å²) < 4.78 is 1.73. The van der Waals surface area contributed by atoms with E-state index >= 15 is 0 Å². The number of aromatic nitrogens is 1. The second-order valence-corrected chi connectivity index (χ2v) is 5.79. The fraction of sp³-hybridized carbons (Fsp3) is 0.600. The fourth-order valence-electron chi connectivity index (χ4n) is 2.76. The summed E-state index contributed by atoms with van der Waals surface area (Å²) in [6.07, 6.45) is 3.78. The Kier molecular flexibility index (Phi) is 4.28. The Morgan fingerprint density at radius 2 is 2.15 bits per heavy atom. The number of rotatable bonds is 3. The quantitative estimate of drug-likeness (QED) is 0.850. The topological polar surface area (TPSA) is 68.3 Å². The summed E-state index contributed by atoms with van der Waals surface area (Å²) in [5.74, 6) is 0.331. The van der Waals surface area contributed by atoms with Gasteiger partial charge in [-0.2, -0.15) is 0 Å². The van der Waals surface area contributed by atoms with E-state index < -0.39 is 0 Å². The van der Waals surface area contributed by atoms with Crippen molar-refractivity contribution < 1.29 is 9.59 Å². The van der Waals surface area contributed by atoms with Crippen LogP contribution in [0, 0.1) is 5.92 Å². The van der Waals surface area contributed by atoms with E-state index in [2.05, 4.69) is 0 Å². The van der Waals surface area contributed by atoms with Crippen LogP contribution in [0.15, 0.2) is 12.3 Å². The lowest BCUT2D eigenvalue weighted by Crippen LogP contribution is -2.45. The van der Waals surface area contributed by atoms with Gasteiger partial charge in [0.25, 0.3) is 5.91 Å².